The third kappa shape index (κ3) is 3.31. The highest BCUT2D eigenvalue weighted by molar-refractivity contribution is 5.63. The van der Waals surface area contributed by atoms with Crippen molar-refractivity contribution in [3.63, 3.8) is 0 Å². The Morgan fingerprint density at radius 3 is 2.56 bits per heavy atom. The van der Waals surface area contributed by atoms with Gasteiger partial charge in [0.1, 0.15) is 5.82 Å². The zero-order valence-corrected chi connectivity index (χ0v) is 13.8. The lowest BCUT2D eigenvalue weighted by Crippen LogP contribution is -2.36. The number of carbonyl (C=O) groups is 1. The van der Waals surface area contributed by atoms with Crippen molar-refractivity contribution in [3.8, 4) is 11.3 Å². The molecule has 3 aromatic heterocycles. The normalized spacial score (nSPS) is 20.3. The Morgan fingerprint density at radius 1 is 1.04 bits per heavy atom. The van der Waals surface area contributed by atoms with Crippen LogP contribution in [0.25, 0.3) is 16.9 Å². The number of carbonyl (C=O) groups excluding carboxylic acids is 1. The Kier molecular flexibility index (Phi) is 4.28. The van der Waals surface area contributed by atoms with E-state index in [-0.39, 0.29) is 0 Å². The van der Waals surface area contributed by atoms with Gasteiger partial charge in [-0.3, -0.25) is 9.78 Å². The van der Waals surface area contributed by atoms with Gasteiger partial charge in [-0.2, -0.15) is 0 Å². The van der Waals surface area contributed by atoms with Gasteiger partial charge >= 0.3 is 0 Å². The van der Waals surface area contributed by atoms with Crippen molar-refractivity contribution in [1.29, 1.82) is 0 Å². The minimum atomic E-state index is 0.304. The van der Waals surface area contributed by atoms with Crippen LogP contribution in [0.3, 0.4) is 0 Å². The van der Waals surface area contributed by atoms with Crippen molar-refractivity contribution in [2.24, 2.45) is 0 Å². The molecule has 3 aromatic rings. The van der Waals surface area contributed by atoms with E-state index in [1.165, 1.54) is 0 Å². The molecule has 0 spiro atoms. The van der Waals surface area contributed by atoms with Crippen LogP contribution in [-0.2, 0) is 4.79 Å². The third-order valence-corrected chi connectivity index (χ3v) is 4.72. The molecule has 0 atom stereocenters. The number of nitrogens with zero attached hydrogens (tertiary/aromatic N) is 4. The molecule has 25 heavy (non-hydrogen) atoms. The molecule has 0 aliphatic heterocycles. The smallest absolute Gasteiger partial charge is 0.207 e. The lowest BCUT2D eigenvalue weighted by molar-refractivity contribution is -0.110. The van der Waals surface area contributed by atoms with Crippen LogP contribution in [0.2, 0.25) is 0 Å². The van der Waals surface area contributed by atoms with E-state index in [2.05, 4.69) is 20.6 Å². The highest BCUT2D eigenvalue weighted by atomic mass is 16.1. The maximum atomic E-state index is 10.5. The molecule has 1 aliphatic rings. The number of imidazole rings is 1. The Morgan fingerprint density at radius 2 is 1.80 bits per heavy atom. The first-order chi connectivity index (χ1) is 12.3. The van der Waals surface area contributed by atoms with Gasteiger partial charge in [0.15, 0.2) is 5.65 Å². The molecule has 1 amide bonds. The summed E-state index contributed by atoms with van der Waals surface area (Å²) in [5.74, 6) is 0.840. The molecular weight excluding hydrogens is 316 g/mol. The van der Waals surface area contributed by atoms with Gasteiger partial charge in [0.25, 0.3) is 0 Å². The zero-order chi connectivity index (χ0) is 17.1. The Bertz CT molecular complexity index is 854. The van der Waals surface area contributed by atoms with Crippen molar-refractivity contribution in [3.05, 3.63) is 42.9 Å². The molecule has 4 rings (SSSR count). The number of rotatable bonds is 5. The van der Waals surface area contributed by atoms with E-state index in [0.29, 0.717) is 12.1 Å². The van der Waals surface area contributed by atoms with Gasteiger partial charge in [-0.15, -0.1) is 5.10 Å². The molecule has 1 saturated carbocycles. The predicted octanol–water partition coefficient (Wildman–Crippen LogP) is 2.26. The van der Waals surface area contributed by atoms with Crippen LogP contribution in [0.1, 0.15) is 25.7 Å². The van der Waals surface area contributed by atoms with Gasteiger partial charge in [-0.25, -0.2) is 9.50 Å². The van der Waals surface area contributed by atoms with Gasteiger partial charge in [0.05, 0.1) is 11.9 Å². The summed E-state index contributed by atoms with van der Waals surface area (Å²) in [7, 11) is 0. The van der Waals surface area contributed by atoms with Crippen molar-refractivity contribution < 1.29 is 4.79 Å². The highest BCUT2D eigenvalue weighted by Gasteiger charge is 2.21. The van der Waals surface area contributed by atoms with E-state index in [1.807, 2.05) is 35.0 Å². The maximum Gasteiger partial charge on any atom is 0.207 e. The number of aromatic nitrogens is 4. The van der Waals surface area contributed by atoms with E-state index in [1.54, 1.807) is 12.4 Å². The highest BCUT2D eigenvalue weighted by Crippen LogP contribution is 2.23. The number of fused-ring (bicyclic) bond motifs is 1. The second kappa shape index (κ2) is 6.88. The molecule has 2 N–H and O–H groups in total. The molecule has 0 unspecified atom stereocenters. The monoisotopic (exact) mass is 336 g/mol. The lowest BCUT2D eigenvalue weighted by atomic mass is 9.91. The molecule has 128 valence electrons. The number of pyridine rings is 1. The summed E-state index contributed by atoms with van der Waals surface area (Å²) in [6.45, 7) is 0. The van der Waals surface area contributed by atoms with E-state index in [4.69, 9.17) is 5.10 Å². The lowest BCUT2D eigenvalue weighted by Gasteiger charge is -2.28. The van der Waals surface area contributed by atoms with Gasteiger partial charge in [-0.1, -0.05) is 0 Å². The molecule has 3 heterocycles. The average Bonchev–Trinajstić information content (AvgIpc) is 3.08. The number of amides is 1. The summed E-state index contributed by atoms with van der Waals surface area (Å²) in [4.78, 5) is 19.0. The van der Waals surface area contributed by atoms with E-state index < -0.39 is 0 Å². The van der Waals surface area contributed by atoms with Crippen molar-refractivity contribution in [2.45, 2.75) is 37.8 Å². The quantitative estimate of drug-likeness (QED) is 0.698. The van der Waals surface area contributed by atoms with Crippen LogP contribution in [-0.4, -0.2) is 38.1 Å². The van der Waals surface area contributed by atoms with Gasteiger partial charge in [0.2, 0.25) is 6.41 Å². The third-order valence-electron chi connectivity index (χ3n) is 4.72. The first-order valence-electron chi connectivity index (χ1n) is 8.55. The van der Waals surface area contributed by atoms with Crippen LogP contribution < -0.4 is 10.6 Å². The molecule has 1 aliphatic carbocycles. The first kappa shape index (κ1) is 15.6. The molecule has 0 radical (unpaired) electrons. The summed E-state index contributed by atoms with van der Waals surface area (Å²) < 4.78 is 1.86. The fourth-order valence-corrected chi connectivity index (χ4v) is 3.38. The van der Waals surface area contributed by atoms with Crippen LogP contribution in [0.5, 0.6) is 0 Å². The van der Waals surface area contributed by atoms with Gasteiger partial charge in [-0.05, 0) is 49.9 Å². The maximum absolute atomic E-state index is 10.5. The van der Waals surface area contributed by atoms with Crippen LogP contribution >= 0.6 is 0 Å². The standard InChI is InChI=1S/C18H20N6O/c25-12-21-14-1-3-15(4-2-14)22-17-5-6-18-20-11-16(24(18)23-17)13-7-9-19-10-8-13/h5-12,14-15H,1-4H2,(H,21,25)(H,22,23)/t14-,15-. The average molecular weight is 336 g/mol. The van der Waals surface area contributed by atoms with Crippen LogP contribution in [0, 0.1) is 0 Å². The topological polar surface area (TPSA) is 84.2 Å². The number of hydrogen-bond donors (Lipinski definition) is 2. The van der Waals surface area contributed by atoms with Gasteiger partial charge < -0.3 is 10.6 Å². The summed E-state index contributed by atoms with van der Waals surface area (Å²) >= 11 is 0. The fourth-order valence-electron chi connectivity index (χ4n) is 3.38. The summed E-state index contributed by atoms with van der Waals surface area (Å²) in [5.41, 5.74) is 2.80. The zero-order valence-electron chi connectivity index (χ0n) is 13.8. The molecule has 1 fully saturated rings. The second-order valence-corrected chi connectivity index (χ2v) is 6.35. The second-order valence-electron chi connectivity index (χ2n) is 6.35. The van der Waals surface area contributed by atoms with Crippen LogP contribution in [0.15, 0.2) is 42.9 Å². The molecule has 0 saturated heterocycles. The number of nitrogens with one attached hydrogen (secondary N) is 2. The number of hydrogen-bond acceptors (Lipinski definition) is 5. The molecular formula is C18H20N6O. The number of anilines is 1. The largest absolute Gasteiger partial charge is 0.366 e. The Hall–Kier alpha value is -2.96. The fraction of sp³-hybridized carbons (Fsp3) is 0.333. The van der Waals surface area contributed by atoms with Gasteiger partial charge in [0, 0.05) is 30.0 Å². The van der Waals surface area contributed by atoms with E-state index in [9.17, 15) is 4.79 Å². The summed E-state index contributed by atoms with van der Waals surface area (Å²) in [6, 6.07) is 8.52. The van der Waals surface area contributed by atoms with Crippen molar-refractivity contribution >= 4 is 17.9 Å². The predicted molar refractivity (Wildman–Crippen MR) is 95.1 cm³/mol. The van der Waals surface area contributed by atoms with Crippen molar-refractivity contribution in [2.75, 3.05) is 5.32 Å². The minimum absolute atomic E-state index is 0.304. The summed E-state index contributed by atoms with van der Waals surface area (Å²) in [6.07, 6.45) is 10.2. The molecule has 7 nitrogen and oxygen atoms in total. The molecule has 7 heteroatoms. The Labute approximate surface area is 145 Å². The molecule has 0 bridgehead atoms. The first-order valence-corrected chi connectivity index (χ1v) is 8.55. The van der Waals surface area contributed by atoms with Crippen LogP contribution in [0.4, 0.5) is 5.82 Å². The van der Waals surface area contributed by atoms with Crippen molar-refractivity contribution in [1.82, 2.24) is 24.9 Å². The van der Waals surface area contributed by atoms with E-state index in [0.717, 1.165) is 54.8 Å². The molecule has 0 aromatic carbocycles. The Balaban J connectivity index is 1.52. The van der Waals surface area contributed by atoms with E-state index >= 15 is 0 Å². The SMILES string of the molecule is O=CN[C@H]1CC[C@H](Nc2ccc3ncc(-c4ccncc4)n3n2)CC1. The summed E-state index contributed by atoms with van der Waals surface area (Å²) in [5, 5.41) is 11.1. The minimum Gasteiger partial charge on any atom is -0.366 e.